The van der Waals surface area contributed by atoms with E-state index in [0.717, 1.165) is 17.6 Å². The number of carbonyl (C=O) groups is 1. The molecule has 1 aliphatic rings. The lowest BCUT2D eigenvalue weighted by molar-refractivity contribution is 0.0726. The van der Waals surface area contributed by atoms with E-state index in [4.69, 9.17) is 0 Å². The molecule has 3 heterocycles. The van der Waals surface area contributed by atoms with E-state index in [1.165, 1.54) is 12.1 Å². The Morgan fingerprint density at radius 2 is 2.00 bits per heavy atom. The van der Waals surface area contributed by atoms with Gasteiger partial charge in [0.15, 0.2) is 0 Å². The summed E-state index contributed by atoms with van der Waals surface area (Å²) in [5.74, 6) is -0.653. The molecular formula is C19H16F2N4O. The second kappa shape index (κ2) is 6.33. The summed E-state index contributed by atoms with van der Waals surface area (Å²) in [6.45, 7) is 2.39. The molecule has 0 atom stereocenters. The summed E-state index contributed by atoms with van der Waals surface area (Å²) in [6.07, 6.45) is 3.33. The highest BCUT2D eigenvalue weighted by atomic mass is 19.1. The average molecular weight is 354 g/mol. The van der Waals surface area contributed by atoms with Crippen molar-refractivity contribution >= 4 is 5.91 Å². The van der Waals surface area contributed by atoms with E-state index < -0.39 is 11.6 Å². The molecule has 1 aliphatic heterocycles. The Balaban J connectivity index is 1.60. The van der Waals surface area contributed by atoms with Crippen molar-refractivity contribution in [3.8, 4) is 5.82 Å². The Hall–Kier alpha value is -3.09. The maximum Gasteiger partial charge on any atom is 0.257 e. The van der Waals surface area contributed by atoms with Crippen molar-refractivity contribution in [2.75, 3.05) is 6.54 Å². The van der Waals surface area contributed by atoms with Crippen LogP contribution in [0.1, 0.15) is 27.3 Å². The first-order valence-corrected chi connectivity index (χ1v) is 8.26. The van der Waals surface area contributed by atoms with E-state index in [0.29, 0.717) is 30.9 Å². The van der Waals surface area contributed by atoms with E-state index in [2.05, 4.69) is 9.97 Å². The number of nitrogens with zero attached hydrogens (tertiary/aromatic N) is 4. The number of aromatic nitrogens is 3. The number of hydrogen-bond donors (Lipinski definition) is 0. The van der Waals surface area contributed by atoms with Gasteiger partial charge in [0.05, 0.1) is 29.7 Å². The lowest BCUT2D eigenvalue weighted by atomic mass is 10.1. The van der Waals surface area contributed by atoms with Crippen LogP contribution in [-0.2, 0) is 13.0 Å². The summed E-state index contributed by atoms with van der Waals surface area (Å²) < 4.78 is 29.1. The molecule has 26 heavy (non-hydrogen) atoms. The summed E-state index contributed by atoms with van der Waals surface area (Å²) in [4.78, 5) is 22.7. The fourth-order valence-corrected chi connectivity index (χ4v) is 3.17. The number of pyridine rings is 1. The molecule has 0 fully saturated rings. The molecule has 0 N–H and O–H groups in total. The van der Waals surface area contributed by atoms with Gasteiger partial charge in [0, 0.05) is 13.0 Å². The molecule has 5 nitrogen and oxygen atoms in total. The van der Waals surface area contributed by atoms with Crippen molar-refractivity contribution in [1.82, 2.24) is 19.4 Å². The minimum absolute atomic E-state index is 0.0769. The normalized spacial score (nSPS) is 13.6. The molecule has 0 aliphatic carbocycles. The van der Waals surface area contributed by atoms with E-state index in [9.17, 15) is 13.6 Å². The third-order valence-electron chi connectivity index (χ3n) is 4.58. The molecule has 1 amide bonds. The number of carbonyl (C=O) groups excluding carboxylic acids is 1. The molecule has 0 unspecified atom stereocenters. The van der Waals surface area contributed by atoms with Gasteiger partial charge in [-0.25, -0.2) is 18.7 Å². The Labute approximate surface area is 148 Å². The van der Waals surface area contributed by atoms with Crippen LogP contribution in [0.3, 0.4) is 0 Å². The zero-order valence-electron chi connectivity index (χ0n) is 14.1. The average Bonchev–Trinajstić information content (AvgIpc) is 3.07. The summed E-state index contributed by atoms with van der Waals surface area (Å²) in [7, 11) is 0. The molecule has 0 saturated carbocycles. The first kappa shape index (κ1) is 16.4. The standard InChI is InChI=1S/C19H16F2N4O/c1-12-3-2-4-14(18(12)21)19(26)24-8-7-16-15(10-24)23-11-25(16)17-6-5-13(20)9-22-17/h2-6,9,11H,7-8,10H2,1H3. The first-order chi connectivity index (χ1) is 12.5. The third-order valence-corrected chi connectivity index (χ3v) is 4.58. The Bertz CT molecular complexity index is 982. The van der Waals surface area contributed by atoms with Crippen molar-refractivity contribution in [3.63, 3.8) is 0 Å². The molecule has 132 valence electrons. The molecule has 0 saturated heterocycles. The van der Waals surface area contributed by atoms with Gasteiger partial charge in [-0.15, -0.1) is 0 Å². The second-order valence-electron chi connectivity index (χ2n) is 6.26. The van der Waals surface area contributed by atoms with Gasteiger partial charge in [0.2, 0.25) is 0 Å². The Morgan fingerprint density at radius 3 is 2.77 bits per heavy atom. The van der Waals surface area contributed by atoms with Gasteiger partial charge in [-0.05, 0) is 30.7 Å². The minimum Gasteiger partial charge on any atom is -0.332 e. The molecule has 2 aromatic heterocycles. The van der Waals surface area contributed by atoms with Gasteiger partial charge in [-0.1, -0.05) is 12.1 Å². The van der Waals surface area contributed by atoms with E-state index >= 15 is 0 Å². The van der Waals surface area contributed by atoms with Crippen molar-refractivity contribution in [1.29, 1.82) is 0 Å². The summed E-state index contributed by atoms with van der Waals surface area (Å²) in [5, 5.41) is 0. The number of aryl methyl sites for hydroxylation is 1. The zero-order valence-corrected chi connectivity index (χ0v) is 14.1. The Morgan fingerprint density at radius 1 is 1.15 bits per heavy atom. The van der Waals surface area contributed by atoms with Crippen molar-refractivity contribution in [2.24, 2.45) is 0 Å². The first-order valence-electron chi connectivity index (χ1n) is 8.26. The van der Waals surface area contributed by atoms with Gasteiger partial charge < -0.3 is 4.90 Å². The van der Waals surface area contributed by atoms with Crippen LogP contribution in [-0.4, -0.2) is 31.9 Å². The van der Waals surface area contributed by atoms with Gasteiger partial charge in [-0.3, -0.25) is 9.36 Å². The van der Waals surface area contributed by atoms with Crippen LogP contribution in [0.5, 0.6) is 0 Å². The summed E-state index contributed by atoms with van der Waals surface area (Å²) >= 11 is 0. The smallest absolute Gasteiger partial charge is 0.257 e. The van der Waals surface area contributed by atoms with E-state index in [1.807, 2.05) is 0 Å². The van der Waals surface area contributed by atoms with Gasteiger partial charge >= 0.3 is 0 Å². The largest absolute Gasteiger partial charge is 0.332 e. The van der Waals surface area contributed by atoms with E-state index in [-0.39, 0.29) is 11.5 Å². The van der Waals surface area contributed by atoms with Crippen LogP contribution in [0.2, 0.25) is 0 Å². The summed E-state index contributed by atoms with van der Waals surface area (Å²) in [5.41, 5.74) is 2.19. The highest BCUT2D eigenvalue weighted by molar-refractivity contribution is 5.94. The van der Waals surface area contributed by atoms with E-state index in [1.54, 1.807) is 40.9 Å². The molecule has 0 bridgehead atoms. The Kier molecular flexibility index (Phi) is 3.99. The number of halogens is 2. The third kappa shape index (κ3) is 2.75. The number of imidazole rings is 1. The lowest BCUT2D eigenvalue weighted by Crippen LogP contribution is -2.37. The van der Waals surface area contributed by atoms with Crippen molar-refractivity contribution in [2.45, 2.75) is 19.9 Å². The maximum atomic E-state index is 14.3. The van der Waals surface area contributed by atoms with Crippen molar-refractivity contribution in [3.05, 3.63) is 77.0 Å². The SMILES string of the molecule is Cc1cccc(C(=O)N2CCc3c(ncn3-c3ccc(F)cn3)C2)c1F. The predicted octanol–water partition coefficient (Wildman–Crippen LogP) is 3.05. The quantitative estimate of drug-likeness (QED) is 0.711. The number of fused-ring (bicyclic) bond motifs is 1. The molecule has 1 aromatic carbocycles. The zero-order chi connectivity index (χ0) is 18.3. The molecular weight excluding hydrogens is 338 g/mol. The number of rotatable bonds is 2. The number of benzene rings is 1. The highest BCUT2D eigenvalue weighted by Crippen LogP contribution is 2.23. The molecule has 4 rings (SSSR count). The predicted molar refractivity (Wildman–Crippen MR) is 90.9 cm³/mol. The lowest BCUT2D eigenvalue weighted by Gasteiger charge is -2.27. The maximum absolute atomic E-state index is 14.3. The minimum atomic E-state index is -0.482. The van der Waals surface area contributed by atoms with Crippen LogP contribution in [0.25, 0.3) is 5.82 Å². The fraction of sp³-hybridized carbons (Fsp3) is 0.211. The van der Waals surface area contributed by atoms with Crippen LogP contribution >= 0.6 is 0 Å². The van der Waals surface area contributed by atoms with Gasteiger partial charge in [0.1, 0.15) is 23.8 Å². The van der Waals surface area contributed by atoms with Gasteiger partial charge in [0.25, 0.3) is 5.91 Å². The number of amides is 1. The van der Waals surface area contributed by atoms with Crippen LogP contribution in [0.4, 0.5) is 8.78 Å². The molecule has 7 heteroatoms. The van der Waals surface area contributed by atoms with Crippen LogP contribution < -0.4 is 0 Å². The molecule has 0 radical (unpaired) electrons. The second-order valence-corrected chi connectivity index (χ2v) is 6.26. The topological polar surface area (TPSA) is 51.0 Å². The highest BCUT2D eigenvalue weighted by Gasteiger charge is 2.27. The van der Waals surface area contributed by atoms with Crippen LogP contribution in [0.15, 0.2) is 42.9 Å². The van der Waals surface area contributed by atoms with Gasteiger partial charge in [-0.2, -0.15) is 0 Å². The van der Waals surface area contributed by atoms with Crippen LogP contribution in [0, 0.1) is 18.6 Å². The molecule has 3 aromatic rings. The molecule has 0 spiro atoms. The van der Waals surface area contributed by atoms with Crippen molar-refractivity contribution < 1.29 is 13.6 Å². The summed E-state index contributed by atoms with van der Waals surface area (Å²) in [6, 6.07) is 7.74. The monoisotopic (exact) mass is 354 g/mol. The fourth-order valence-electron chi connectivity index (χ4n) is 3.17. The number of hydrogen-bond acceptors (Lipinski definition) is 3.